The minimum Gasteiger partial charge on any atom is -0.335 e. The third kappa shape index (κ3) is 2.80. The van der Waals surface area contributed by atoms with Gasteiger partial charge in [-0.3, -0.25) is 4.79 Å². The number of hydrogen-bond donors (Lipinski definition) is 0. The number of rotatable bonds is 3. The first-order valence-electron chi connectivity index (χ1n) is 7.32. The maximum absolute atomic E-state index is 12.2. The number of imidazole rings is 1. The highest BCUT2D eigenvalue weighted by Gasteiger charge is 2.32. The third-order valence-electron chi connectivity index (χ3n) is 4.15. The summed E-state index contributed by atoms with van der Waals surface area (Å²) in [4.78, 5) is 18.4. The lowest BCUT2D eigenvalue weighted by Crippen LogP contribution is -2.40. The molecule has 1 aromatic heterocycles. The Morgan fingerprint density at radius 1 is 1.32 bits per heavy atom. The first-order valence-corrected chi connectivity index (χ1v) is 9.16. The van der Waals surface area contributed by atoms with Gasteiger partial charge in [-0.25, -0.2) is 13.4 Å². The summed E-state index contributed by atoms with van der Waals surface area (Å²) in [5, 5.41) is 0. The van der Waals surface area contributed by atoms with Gasteiger partial charge in [-0.2, -0.15) is 4.31 Å². The van der Waals surface area contributed by atoms with Crippen LogP contribution in [0.5, 0.6) is 0 Å². The lowest BCUT2D eigenvalue weighted by molar-refractivity contribution is -0.129. The number of sulfonamides is 1. The number of hydrogen-bond acceptors (Lipinski definition) is 4. The first kappa shape index (κ1) is 15.2. The van der Waals surface area contributed by atoms with E-state index < -0.39 is 10.0 Å². The molecule has 3 heterocycles. The maximum Gasteiger partial charge on any atom is 0.229 e. The molecule has 8 heteroatoms. The van der Waals surface area contributed by atoms with Crippen molar-refractivity contribution >= 4 is 15.9 Å². The molecule has 7 nitrogen and oxygen atoms in total. The molecule has 0 saturated heterocycles. The van der Waals surface area contributed by atoms with E-state index in [1.807, 2.05) is 29.8 Å². The number of fused-ring (bicyclic) bond motifs is 1. The molecule has 1 unspecified atom stereocenters. The molecule has 0 fully saturated rings. The third-order valence-corrected chi connectivity index (χ3v) is 5.50. The normalized spacial score (nSPS) is 22.1. The Labute approximate surface area is 130 Å². The SMILES string of the molecule is CC1c2nc(CC(=O)N3CC=CC3)cn2CCN1S(C)(=O)=O. The van der Waals surface area contributed by atoms with Crippen LogP contribution in [0.2, 0.25) is 0 Å². The van der Waals surface area contributed by atoms with Crippen molar-refractivity contribution in [1.29, 1.82) is 0 Å². The van der Waals surface area contributed by atoms with E-state index in [9.17, 15) is 13.2 Å². The van der Waals surface area contributed by atoms with E-state index in [0.29, 0.717) is 37.7 Å². The summed E-state index contributed by atoms with van der Waals surface area (Å²) in [6.07, 6.45) is 7.29. The molecular weight excluding hydrogens is 304 g/mol. The van der Waals surface area contributed by atoms with Gasteiger partial charge in [0.2, 0.25) is 15.9 Å². The lowest BCUT2D eigenvalue weighted by atomic mass is 10.2. The molecule has 0 saturated carbocycles. The fraction of sp³-hybridized carbons (Fsp3) is 0.571. The fourth-order valence-corrected chi connectivity index (χ4v) is 4.10. The average molecular weight is 324 g/mol. The first-order chi connectivity index (χ1) is 10.4. The monoisotopic (exact) mass is 324 g/mol. The zero-order valence-electron chi connectivity index (χ0n) is 12.8. The molecule has 1 amide bonds. The largest absolute Gasteiger partial charge is 0.335 e. The van der Waals surface area contributed by atoms with Crippen molar-refractivity contribution in [3.8, 4) is 0 Å². The van der Waals surface area contributed by atoms with Crippen molar-refractivity contribution in [1.82, 2.24) is 18.8 Å². The molecule has 0 radical (unpaired) electrons. The van der Waals surface area contributed by atoms with Crippen LogP contribution >= 0.6 is 0 Å². The highest BCUT2D eigenvalue weighted by atomic mass is 32.2. The van der Waals surface area contributed by atoms with E-state index in [4.69, 9.17) is 0 Å². The van der Waals surface area contributed by atoms with E-state index in [1.165, 1.54) is 10.6 Å². The van der Waals surface area contributed by atoms with E-state index in [-0.39, 0.29) is 18.4 Å². The van der Waals surface area contributed by atoms with Gasteiger partial charge in [0.05, 0.1) is 24.4 Å². The van der Waals surface area contributed by atoms with Gasteiger partial charge in [0.15, 0.2) is 0 Å². The van der Waals surface area contributed by atoms with Crippen molar-refractivity contribution in [2.45, 2.75) is 25.9 Å². The van der Waals surface area contributed by atoms with Crippen LogP contribution in [0.3, 0.4) is 0 Å². The molecule has 0 N–H and O–H groups in total. The van der Waals surface area contributed by atoms with Crippen LogP contribution in [0.4, 0.5) is 0 Å². The number of carbonyl (C=O) groups excluding carboxylic acids is 1. The topological polar surface area (TPSA) is 75.5 Å². The molecule has 2 aliphatic heterocycles. The fourth-order valence-electron chi connectivity index (χ4n) is 3.01. The van der Waals surface area contributed by atoms with Crippen molar-refractivity contribution in [2.24, 2.45) is 0 Å². The summed E-state index contributed by atoms with van der Waals surface area (Å²) >= 11 is 0. The zero-order valence-corrected chi connectivity index (χ0v) is 13.6. The second kappa shape index (κ2) is 5.51. The molecule has 1 aromatic rings. The van der Waals surface area contributed by atoms with Crippen LogP contribution in [-0.2, 0) is 27.8 Å². The summed E-state index contributed by atoms with van der Waals surface area (Å²) < 4.78 is 27.0. The van der Waals surface area contributed by atoms with Gasteiger partial charge < -0.3 is 9.47 Å². The van der Waals surface area contributed by atoms with Gasteiger partial charge in [-0.1, -0.05) is 12.2 Å². The molecule has 3 rings (SSSR count). The quantitative estimate of drug-likeness (QED) is 0.742. The summed E-state index contributed by atoms with van der Waals surface area (Å²) in [5.41, 5.74) is 0.703. The Morgan fingerprint density at radius 2 is 2.00 bits per heavy atom. The van der Waals surface area contributed by atoms with Crippen LogP contribution in [0.15, 0.2) is 18.3 Å². The molecule has 2 aliphatic rings. The van der Waals surface area contributed by atoms with Crippen molar-refractivity contribution in [2.75, 3.05) is 25.9 Å². The van der Waals surface area contributed by atoms with E-state index in [2.05, 4.69) is 4.98 Å². The van der Waals surface area contributed by atoms with E-state index in [0.717, 1.165) is 0 Å². The predicted octanol–water partition coefficient (Wildman–Crippen LogP) is 0.160. The summed E-state index contributed by atoms with van der Waals surface area (Å²) in [6.45, 7) is 4.15. The Kier molecular flexibility index (Phi) is 3.82. The molecule has 0 aromatic carbocycles. The molecular formula is C14H20N4O3S. The zero-order chi connectivity index (χ0) is 15.9. The van der Waals surface area contributed by atoms with Crippen LogP contribution in [0, 0.1) is 0 Å². The minimum atomic E-state index is -3.25. The second-order valence-corrected chi connectivity index (χ2v) is 7.72. The maximum atomic E-state index is 12.2. The smallest absolute Gasteiger partial charge is 0.229 e. The van der Waals surface area contributed by atoms with Crippen LogP contribution in [-0.4, -0.2) is 59.0 Å². The standard InChI is InChI=1S/C14H20N4O3S/c1-11-14-15-12(9-13(19)16-5-3-4-6-16)10-17(14)7-8-18(11)22(2,20)21/h3-4,10-11H,5-9H2,1-2H3. The van der Waals surface area contributed by atoms with Crippen molar-refractivity contribution in [3.63, 3.8) is 0 Å². The number of nitrogens with zero attached hydrogens (tertiary/aromatic N) is 4. The van der Waals surface area contributed by atoms with Crippen molar-refractivity contribution in [3.05, 3.63) is 29.9 Å². The van der Waals surface area contributed by atoms with Gasteiger partial charge in [-0.05, 0) is 6.92 Å². The summed E-state index contributed by atoms with van der Waals surface area (Å²) in [5.74, 6) is 0.757. The highest BCUT2D eigenvalue weighted by Crippen LogP contribution is 2.26. The van der Waals surface area contributed by atoms with Crippen LogP contribution < -0.4 is 0 Å². The van der Waals surface area contributed by atoms with Gasteiger partial charge in [-0.15, -0.1) is 0 Å². The van der Waals surface area contributed by atoms with Gasteiger partial charge in [0.25, 0.3) is 0 Å². The molecule has 0 bridgehead atoms. The second-order valence-electron chi connectivity index (χ2n) is 5.78. The molecule has 22 heavy (non-hydrogen) atoms. The Morgan fingerprint density at radius 3 is 2.64 bits per heavy atom. The summed E-state index contributed by atoms with van der Waals surface area (Å²) in [6, 6.07) is -0.305. The van der Waals surface area contributed by atoms with Gasteiger partial charge >= 0.3 is 0 Å². The highest BCUT2D eigenvalue weighted by molar-refractivity contribution is 7.88. The molecule has 0 aliphatic carbocycles. The Bertz CT molecular complexity index is 714. The van der Waals surface area contributed by atoms with E-state index >= 15 is 0 Å². The van der Waals surface area contributed by atoms with Crippen molar-refractivity contribution < 1.29 is 13.2 Å². The van der Waals surface area contributed by atoms with Gasteiger partial charge in [0.1, 0.15) is 5.82 Å². The molecule has 120 valence electrons. The average Bonchev–Trinajstić information content (AvgIpc) is 3.05. The van der Waals surface area contributed by atoms with Crippen LogP contribution in [0.25, 0.3) is 0 Å². The van der Waals surface area contributed by atoms with Crippen LogP contribution in [0.1, 0.15) is 24.5 Å². The number of carbonyl (C=O) groups is 1. The predicted molar refractivity (Wildman–Crippen MR) is 81.6 cm³/mol. The number of aromatic nitrogens is 2. The lowest BCUT2D eigenvalue weighted by Gasteiger charge is -2.31. The Hall–Kier alpha value is -1.67. The minimum absolute atomic E-state index is 0.0491. The molecule has 1 atom stereocenters. The van der Waals surface area contributed by atoms with E-state index in [1.54, 1.807) is 4.90 Å². The number of amides is 1. The Balaban J connectivity index is 1.77. The molecule has 0 spiro atoms. The summed E-state index contributed by atoms with van der Waals surface area (Å²) in [7, 11) is -3.25. The van der Waals surface area contributed by atoms with Gasteiger partial charge in [0, 0.05) is 32.4 Å².